The van der Waals surface area contributed by atoms with Crippen molar-refractivity contribution in [3.05, 3.63) is 125 Å². The topological polar surface area (TPSA) is 57.6 Å². The molecule has 37 heavy (non-hydrogen) atoms. The SMILES string of the molecule is O=Cc1cccc(-c2ccc([C@@H]3[C@@H](CC[C@H](O)c4ccc(F)cc4)C(=O)N3c3ccc(F)cc3)cc2)c1. The lowest BCUT2D eigenvalue weighted by atomic mass is 9.78. The second-order valence-corrected chi connectivity index (χ2v) is 9.25. The molecule has 4 aromatic rings. The number of benzene rings is 4. The van der Waals surface area contributed by atoms with Crippen molar-refractivity contribution < 1.29 is 23.5 Å². The Balaban J connectivity index is 1.40. The molecule has 1 fully saturated rings. The number of hydrogen-bond acceptors (Lipinski definition) is 3. The number of rotatable bonds is 8. The number of nitrogens with zero attached hydrogens (tertiary/aromatic N) is 1. The predicted octanol–water partition coefficient (Wildman–Crippen LogP) is 6.66. The van der Waals surface area contributed by atoms with Crippen LogP contribution in [0.3, 0.4) is 0 Å². The van der Waals surface area contributed by atoms with Gasteiger partial charge < -0.3 is 10.0 Å². The molecule has 0 saturated carbocycles. The molecular formula is C31H25F2NO3. The van der Waals surface area contributed by atoms with E-state index in [1.54, 1.807) is 35.2 Å². The number of hydrogen-bond donors (Lipinski definition) is 1. The molecule has 6 heteroatoms. The first-order valence-corrected chi connectivity index (χ1v) is 12.1. The van der Waals surface area contributed by atoms with Crippen molar-refractivity contribution in [3.63, 3.8) is 0 Å². The van der Waals surface area contributed by atoms with Gasteiger partial charge in [-0.05, 0) is 77.6 Å². The number of halogens is 2. The molecule has 5 rings (SSSR count). The third kappa shape index (κ3) is 5.06. The van der Waals surface area contributed by atoms with Crippen LogP contribution in [0, 0.1) is 17.6 Å². The molecule has 0 bridgehead atoms. The fourth-order valence-electron chi connectivity index (χ4n) is 4.95. The van der Waals surface area contributed by atoms with Gasteiger partial charge in [-0.2, -0.15) is 0 Å². The van der Waals surface area contributed by atoms with E-state index in [1.807, 2.05) is 42.5 Å². The van der Waals surface area contributed by atoms with Gasteiger partial charge in [-0.15, -0.1) is 0 Å². The maximum absolute atomic E-state index is 13.5. The van der Waals surface area contributed by atoms with Crippen molar-refractivity contribution in [2.75, 3.05) is 4.90 Å². The molecule has 1 heterocycles. The molecule has 1 saturated heterocycles. The Labute approximate surface area is 213 Å². The molecule has 0 aromatic heterocycles. The quantitative estimate of drug-likeness (QED) is 0.219. The standard InChI is InChI=1S/C31H25F2NO3/c32-25-10-8-22(9-11-25)29(36)17-16-28-30(34(31(28)37)27-14-12-26(33)13-15-27)23-6-4-21(5-7-23)24-3-1-2-20(18-24)19-35/h1-15,18-19,28-30,36H,16-17H2/t28-,29+,30-/m1/s1. The van der Waals surface area contributed by atoms with Crippen molar-refractivity contribution in [1.82, 2.24) is 0 Å². The molecule has 0 unspecified atom stereocenters. The van der Waals surface area contributed by atoms with E-state index in [1.165, 1.54) is 24.3 Å². The molecule has 1 aliphatic rings. The van der Waals surface area contributed by atoms with Gasteiger partial charge in [0, 0.05) is 11.3 Å². The minimum absolute atomic E-state index is 0.0920. The van der Waals surface area contributed by atoms with E-state index in [-0.39, 0.29) is 29.5 Å². The Kier molecular flexibility index (Phi) is 6.93. The predicted molar refractivity (Wildman–Crippen MR) is 138 cm³/mol. The smallest absolute Gasteiger partial charge is 0.233 e. The average molecular weight is 498 g/mol. The van der Waals surface area contributed by atoms with Gasteiger partial charge in [0.2, 0.25) is 5.91 Å². The summed E-state index contributed by atoms with van der Waals surface area (Å²) in [6, 6.07) is 26.4. The van der Waals surface area contributed by atoms with Gasteiger partial charge in [0.05, 0.1) is 18.1 Å². The number of carbonyl (C=O) groups is 2. The summed E-state index contributed by atoms with van der Waals surface area (Å²) >= 11 is 0. The molecule has 186 valence electrons. The van der Waals surface area contributed by atoms with E-state index >= 15 is 0 Å². The molecule has 1 aliphatic heterocycles. The molecule has 3 atom stereocenters. The summed E-state index contributed by atoms with van der Waals surface area (Å²) in [4.78, 5) is 26.1. The molecule has 0 radical (unpaired) electrons. The van der Waals surface area contributed by atoms with Crippen LogP contribution < -0.4 is 4.90 Å². The molecule has 0 spiro atoms. The highest BCUT2D eigenvalue weighted by Gasteiger charge is 2.48. The number of aliphatic hydroxyl groups excluding tert-OH is 1. The van der Waals surface area contributed by atoms with Crippen LogP contribution in [0.2, 0.25) is 0 Å². The van der Waals surface area contributed by atoms with E-state index < -0.39 is 6.10 Å². The third-order valence-electron chi connectivity index (χ3n) is 6.93. The molecule has 1 N–H and O–H groups in total. The van der Waals surface area contributed by atoms with Crippen LogP contribution in [0.1, 0.15) is 46.5 Å². The van der Waals surface area contributed by atoms with Crippen LogP contribution in [0.15, 0.2) is 97.1 Å². The number of amides is 1. The van der Waals surface area contributed by atoms with Gasteiger partial charge >= 0.3 is 0 Å². The van der Waals surface area contributed by atoms with E-state index in [0.29, 0.717) is 29.7 Å². The van der Waals surface area contributed by atoms with Crippen LogP contribution in [-0.4, -0.2) is 17.3 Å². The summed E-state index contributed by atoms with van der Waals surface area (Å²) in [7, 11) is 0. The first kappa shape index (κ1) is 24.5. The fraction of sp³-hybridized carbons (Fsp3) is 0.161. The first-order valence-electron chi connectivity index (χ1n) is 12.1. The Morgan fingerprint density at radius 3 is 2.14 bits per heavy atom. The highest BCUT2D eigenvalue weighted by Crippen LogP contribution is 2.46. The van der Waals surface area contributed by atoms with Crippen LogP contribution in [0.5, 0.6) is 0 Å². The largest absolute Gasteiger partial charge is 0.388 e. The molecule has 0 aliphatic carbocycles. The van der Waals surface area contributed by atoms with E-state index in [4.69, 9.17) is 0 Å². The zero-order chi connectivity index (χ0) is 25.9. The monoisotopic (exact) mass is 497 g/mol. The van der Waals surface area contributed by atoms with Crippen LogP contribution in [0.4, 0.5) is 14.5 Å². The number of anilines is 1. The van der Waals surface area contributed by atoms with Crippen LogP contribution in [-0.2, 0) is 4.79 Å². The molecule has 4 nitrogen and oxygen atoms in total. The van der Waals surface area contributed by atoms with Crippen molar-refractivity contribution in [3.8, 4) is 11.1 Å². The zero-order valence-electron chi connectivity index (χ0n) is 19.9. The second kappa shape index (κ2) is 10.4. The Hall–Kier alpha value is -4.16. The summed E-state index contributed by atoms with van der Waals surface area (Å²) in [5.41, 5.74) is 4.57. The highest BCUT2D eigenvalue weighted by atomic mass is 19.1. The van der Waals surface area contributed by atoms with Crippen molar-refractivity contribution >= 4 is 17.9 Å². The maximum Gasteiger partial charge on any atom is 0.233 e. The normalized spacial score (nSPS) is 17.8. The molecule has 4 aromatic carbocycles. The Morgan fingerprint density at radius 2 is 1.49 bits per heavy atom. The van der Waals surface area contributed by atoms with Crippen molar-refractivity contribution in [2.24, 2.45) is 5.92 Å². The molecular weight excluding hydrogens is 472 g/mol. The summed E-state index contributed by atoms with van der Waals surface area (Å²) in [6.07, 6.45) is 0.764. The zero-order valence-corrected chi connectivity index (χ0v) is 19.9. The molecule has 1 amide bonds. The van der Waals surface area contributed by atoms with Gasteiger partial charge in [0.1, 0.15) is 17.9 Å². The number of β-lactam (4-membered cyclic amide) rings is 1. The van der Waals surface area contributed by atoms with Gasteiger partial charge in [-0.3, -0.25) is 9.59 Å². The minimum atomic E-state index is -0.818. The third-order valence-corrected chi connectivity index (χ3v) is 6.93. The highest BCUT2D eigenvalue weighted by molar-refractivity contribution is 6.03. The number of carbonyl (C=O) groups excluding carboxylic acids is 2. The van der Waals surface area contributed by atoms with Crippen molar-refractivity contribution in [1.29, 1.82) is 0 Å². The van der Waals surface area contributed by atoms with E-state index in [0.717, 1.165) is 23.0 Å². The van der Waals surface area contributed by atoms with Gasteiger partial charge in [0.25, 0.3) is 0 Å². The fourth-order valence-corrected chi connectivity index (χ4v) is 4.95. The van der Waals surface area contributed by atoms with Gasteiger partial charge in [-0.1, -0.05) is 54.6 Å². The van der Waals surface area contributed by atoms with Crippen LogP contribution in [0.25, 0.3) is 11.1 Å². The van der Waals surface area contributed by atoms with Gasteiger partial charge in [0.15, 0.2) is 0 Å². The van der Waals surface area contributed by atoms with Gasteiger partial charge in [-0.25, -0.2) is 8.78 Å². The summed E-state index contributed by atoms with van der Waals surface area (Å²) in [5, 5.41) is 10.6. The van der Waals surface area contributed by atoms with E-state index in [9.17, 15) is 23.5 Å². The number of aldehydes is 1. The average Bonchev–Trinajstić information content (AvgIpc) is 2.93. The Morgan fingerprint density at radius 1 is 0.838 bits per heavy atom. The Bertz CT molecular complexity index is 1400. The maximum atomic E-state index is 13.5. The summed E-state index contributed by atoms with van der Waals surface area (Å²) in [5.74, 6) is -1.22. The lowest BCUT2D eigenvalue weighted by Gasteiger charge is -2.48. The lowest BCUT2D eigenvalue weighted by Crippen LogP contribution is -2.55. The summed E-state index contributed by atoms with van der Waals surface area (Å²) < 4.78 is 26.8. The van der Waals surface area contributed by atoms with Crippen LogP contribution >= 0.6 is 0 Å². The minimum Gasteiger partial charge on any atom is -0.388 e. The van der Waals surface area contributed by atoms with Crippen molar-refractivity contribution in [2.45, 2.75) is 25.0 Å². The summed E-state index contributed by atoms with van der Waals surface area (Å²) in [6.45, 7) is 0. The first-order chi connectivity index (χ1) is 17.9. The second-order valence-electron chi connectivity index (χ2n) is 9.25. The van der Waals surface area contributed by atoms with E-state index in [2.05, 4.69) is 0 Å². The number of aliphatic hydroxyl groups is 1. The lowest BCUT2D eigenvalue weighted by molar-refractivity contribution is -0.131.